The molecule has 1 aliphatic carbocycles. The van der Waals surface area contributed by atoms with E-state index in [1.807, 2.05) is 12.1 Å². The van der Waals surface area contributed by atoms with Crippen molar-refractivity contribution in [2.45, 2.75) is 12.8 Å². The lowest BCUT2D eigenvalue weighted by molar-refractivity contribution is 0.102. The molecule has 0 spiro atoms. The van der Waals surface area contributed by atoms with E-state index in [0.717, 1.165) is 29.8 Å². The molecule has 132 valence electrons. The summed E-state index contributed by atoms with van der Waals surface area (Å²) in [6.45, 7) is 0. The Labute approximate surface area is 158 Å². The van der Waals surface area contributed by atoms with Crippen LogP contribution in [0, 0.1) is 0 Å². The zero-order chi connectivity index (χ0) is 18.2. The molecule has 7 nitrogen and oxygen atoms in total. The van der Waals surface area contributed by atoms with Crippen LogP contribution < -0.4 is 5.32 Å². The van der Waals surface area contributed by atoms with Crippen molar-refractivity contribution < 1.29 is 4.79 Å². The summed E-state index contributed by atoms with van der Waals surface area (Å²) in [4.78, 5) is 18.6. The molecule has 2 heterocycles. The van der Waals surface area contributed by atoms with Gasteiger partial charge in [0, 0.05) is 16.0 Å². The SMILES string of the molecule is O=C(Nc1nc2c(s1)CCc1ccccc1-2)c1cccc(-n2cnnn2)c1. The van der Waals surface area contributed by atoms with Crippen molar-refractivity contribution in [3.05, 3.63) is 70.9 Å². The van der Waals surface area contributed by atoms with Gasteiger partial charge in [0.05, 0.1) is 11.4 Å². The summed E-state index contributed by atoms with van der Waals surface area (Å²) in [5.41, 5.74) is 4.70. The van der Waals surface area contributed by atoms with Crippen molar-refractivity contribution in [3.63, 3.8) is 0 Å². The highest BCUT2D eigenvalue weighted by Gasteiger charge is 2.21. The molecular formula is C19H14N6OS. The molecule has 0 saturated heterocycles. The van der Waals surface area contributed by atoms with E-state index < -0.39 is 0 Å². The first-order valence-electron chi connectivity index (χ1n) is 8.51. The van der Waals surface area contributed by atoms with Crippen molar-refractivity contribution in [2.75, 3.05) is 5.32 Å². The predicted octanol–water partition coefficient (Wildman–Crippen LogP) is 3.14. The highest BCUT2D eigenvalue weighted by molar-refractivity contribution is 7.16. The van der Waals surface area contributed by atoms with E-state index in [2.05, 4.69) is 44.0 Å². The number of nitrogens with one attached hydrogen (secondary N) is 1. The minimum Gasteiger partial charge on any atom is -0.298 e. The minimum absolute atomic E-state index is 0.204. The fourth-order valence-electron chi connectivity index (χ4n) is 3.24. The summed E-state index contributed by atoms with van der Waals surface area (Å²) in [6, 6.07) is 15.4. The summed E-state index contributed by atoms with van der Waals surface area (Å²) in [6.07, 6.45) is 3.45. The molecule has 1 N–H and O–H groups in total. The third-order valence-corrected chi connectivity index (χ3v) is 5.56. The Hall–Kier alpha value is -3.39. The van der Waals surface area contributed by atoms with Crippen LogP contribution in [0.2, 0.25) is 0 Å². The number of anilines is 1. The number of hydrogen-bond donors (Lipinski definition) is 1. The lowest BCUT2D eigenvalue weighted by Crippen LogP contribution is -2.12. The van der Waals surface area contributed by atoms with Gasteiger partial charge < -0.3 is 0 Å². The van der Waals surface area contributed by atoms with Crippen molar-refractivity contribution in [3.8, 4) is 16.9 Å². The second kappa shape index (κ2) is 6.40. The highest BCUT2D eigenvalue weighted by Crippen LogP contribution is 2.38. The molecule has 2 aromatic heterocycles. The molecule has 1 aliphatic rings. The molecule has 0 fully saturated rings. The van der Waals surface area contributed by atoms with E-state index in [1.165, 1.54) is 21.4 Å². The van der Waals surface area contributed by atoms with Crippen LogP contribution in [0.3, 0.4) is 0 Å². The molecule has 0 atom stereocenters. The number of aryl methyl sites for hydroxylation is 2. The molecule has 1 amide bonds. The average molecular weight is 374 g/mol. The Morgan fingerprint density at radius 2 is 2.04 bits per heavy atom. The van der Waals surface area contributed by atoms with E-state index in [0.29, 0.717) is 10.7 Å². The van der Waals surface area contributed by atoms with Crippen LogP contribution in [0.15, 0.2) is 54.9 Å². The Kier molecular flexibility index (Phi) is 3.75. The number of carbonyl (C=O) groups is 1. The number of amides is 1. The molecule has 2 aromatic carbocycles. The van der Waals surface area contributed by atoms with Gasteiger partial charge in [0.1, 0.15) is 6.33 Å². The molecule has 0 radical (unpaired) electrons. The third kappa shape index (κ3) is 2.89. The van der Waals surface area contributed by atoms with Gasteiger partial charge in [-0.2, -0.15) is 0 Å². The number of tetrazole rings is 1. The summed E-state index contributed by atoms with van der Waals surface area (Å²) >= 11 is 1.54. The van der Waals surface area contributed by atoms with Crippen LogP contribution in [0.4, 0.5) is 5.13 Å². The van der Waals surface area contributed by atoms with Gasteiger partial charge in [-0.15, -0.1) is 16.4 Å². The standard InChI is InChI=1S/C19H14N6OS/c26-18(13-5-3-6-14(10-13)25-11-20-23-24-25)22-19-21-17-15-7-2-1-4-12(15)8-9-16(17)27-19/h1-7,10-11H,8-9H2,(H,21,22,26). The van der Waals surface area contributed by atoms with Gasteiger partial charge >= 0.3 is 0 Å². The zero-order valence-electron chi connectivity index (χ0n) is 14.2. The molecule has 27 heavy (non-hydrogen) atoms. The van der Waals surface area contributed by atoms with Gasteiger partial charge in [0.2, 0.25) is 0 Å². The number of carbonyl (C=O) groups excluding carboxylic acids is 1. The first-order valence-corrected chi connectivity index (χ1v) is 9.32. The number of rotatable bonds is 3. The Bertz CT molecular complexity index is 1130. The Morgan fingerprint density at radius 3 is 2.93 bits per heavy atom. The van der Waals surface area contributed by atoms with Crippen LogP contribution in [0.1, 0.15) is 20.8 Å². The minimum atomic E-state index is -0.204. The van der Waals surface area contributed by atoms with Crippen LogP contribution in [-0.2, 0) is 12.8 Å². The molecule has 0 bridgehead atoms. The topological polar surface area (TPSA) is 85.6 Å². The maximum Gasteiger partial charge on any atom is 0.257 e. The Balaban J connectivity index is 1.42. The van der Waals surface area contributed by atoms with E-state index >= 15 is 0 Å². The lowest BCUT2D eigenvalue weighted by Gasteiger charge is -2.13. The number of thiazole rings is 1. The van der Waals surface area contributed by atoms with Crippen molar-refractivity contribution >= 4 is 22.4 Å². The van der Waals surface area contributed by atoms with Gasteiger partial charge in [-0.3, -0.25) is 10.1 Å². The number of hydrogen-bond acceptors (Lipinski definition) is 6. The van der Waals surface area contributed by atoms with Crippen LogP contribution in [-0.4, -0.2) is 31.1 Å². The van der Waals surface area contributed by atoms with E-state index in [-0.39, 0.29) is 5.91 Å². The number of benzene rings is 2. The fraction of sp³-hybridized carbons (Fsp3) is 0.105. The zero-order valence-corrected chi connectivity index (χ0v) is 15.0. The van der Waals surface area contributed by atoms with Gasteiger partial charge in [0.15, 0.2) is 5.13 Å². The predicted molar refractivity (Wildman–Crippen MR) is 102 cm³/mol. The largest absolute Gasteiger partial charge is 0.298 e. The molecular weight excluding hydrogens is 360 g/mol. The molecule has 0 saturated carbocycles. The van der Waals surface area contributed by atoms with E-state index in [4.69, 9.17) is 0 Å². The summed E-state index contributed by atoms with van der Waals surface area (Å²) < 4.78 is 1.51. The molecule has 0 aliphatic heterocycles. The smallest absolute Gasteiger partial charge is 0.257 e. The fourth-order valence-corrected chi connectivity index (χ4v) is 4.21. The molecule has 5 rings (SSSR count). The van der Waals surface area contributed by atoms with Crippen LogP contribution in [0.5, 0.6) is 0 Å². The number of fused-ring (bicyclic) bond motifs is 3. The van der Waals surface area contributed by atoms with Crippen LogP contribution >= 0.6 is 11.3 Å². The van der Waals surface area contributed by atoms with E-state index in [1.54, 1.807) is 29.5 Å². The van der Waals surface area contributed by atoms with E-state index in [9.17, 15) is 4.79 Å². The van der Waals surface area contributed by atoms with Gasteiger partial charge in [0.25, 0.3) is 5.91 Å². The van der Waals surface area contributed by atoms with Crippen molar-refractivity contribution in [1.82, 2.24) is 25.2 Å². The Morgan fingerprint density at radius 1 is 1.11 bits per heavy atom. The quantitative estimate of drug-likeness (QED) is 0.595. The number of aromatic nitrogens is 5. The number of nitrogens with zero attached hydrogens (tertiary/aromatic N) is 5. The maximum atomic E-state index is 12.7. The van der Waals surface area contributed by atoms with Gasteiger partial charge in [-0.05, 0) is 47.0 Å². The molecule has 0 unspecified atom stereocenters. The first-order chi connectivity index (χ1) is 13.3. The van der Waals surface area contributed by atoms with Gasteiger partial charge in [-0.25, -0.2) is 9.67 Å². The first kappa shape index (κ1) is 15.8. The molecule has 4 aromatic rings. The second-order valence-electron chi connectivity index (χ2n) is 6.21. The summed E-state index contributed by atoms with van der Waals surface area (Å²) in [5, 5.41) is 14.6. The summed E-state index contributed by atoms with van der Waals surface area (Å²) in [7, 11) is 0. The average Bonchev–Trinajstić information content (AvgIpc) is 3.38. The van der Waals surface area contributed by atoms with Crippen LogP contribution in [0.25, 0.3) is 16.9 Å². The lowest BCUT2D eigenvalue weighted by atomic mass is 9.94. The second-order valence-corrected chi connectivity index (χ2v) is 7.29. The van der Waals surface area contributed by atoms with Crippen molar-refractivity contribution in [2.24, 2.45) is 0 Å². The molecule has 8 heteroatoms. The third-order valence-electron chi connectivity index (χ3n) is 4.53. The monoisotopic (exact) mass is 374 g/mol. The van der Waals surface area contributed by atoms with Gasteiger partial charge in [-0.1, -0.05) is 30.3 Å². The summed E-state index contributed by atoms with van der Waals surface area (Å²) in [5.74, 6) is -0.204. The normalized spacial score (nSPS) is 12.3. The maximum absolute atomic E-state index is 12.7. The highest BCUT2D eigenvalue weighted by atomic mass is 32.1. The van der Waals surface area contributed by atoms with Crippen molar-refractivity contribution in [1.29, 1.82) is 0 Å².